The van der Waals surface area contributed by atoms with Gasteiger partial charge >= 0.3 is 12.2 Å². The van der Waals surface area contributed by atoms with Gasteiger partial charge in [-0.2, -0.15) is 0 Å². The van der Waals surface area contributed by atoms with Crippen LogP contribution in [0.3, 0.4) is 0 Å². The quantitative estimate of drug-likeness (QED) is 0.351. The highest BCUT2D eigenvalue weighted by atomic mass is 31.0. The lowest BCUT2D eigenvalue weighted by molar-refractivity contribution is 0.135. The van der Waals surface area contributed by atoms with Gasteiger partial charge in [-0.15, -0.1) is 9.24 Å². The molecule has 7 nitrogen and oxygen atoms in total. The van der Waals surface area contributed by atoms with Crippen LogP contribution in [0, 0.1) is 0 Å². The lowest BCUT2D eigenvalue weighted by Crippen LogP contribution is -2.26. The van der Waals surface area contributed by atoms with E-state index in [1.807, 2.05) is 0 Å². The Kier molecular flexibility index (Phi) is 15.5. The Bertz CT molecular complexity index is 264. The first-order chi connectivity index (χ1) is 10.7. The minimum Gasteiger partial charge on any atom is -0.450 e. The molecule has 0 rings (SSSR count). The number of alkyl carbamates (subject to hydrolysis) is 2. The van der Waals surface area contributed by atoms with Gasteiger partial charge in [-0.25, -0.2) is 9.59 Å². The van der Waals surface area contributed by atoms with Crippen molar-refractivity contribution in [2.24, 2.45) is 0 Å². The third-order valence-electron chi connectivity index (χ3n) is 2.76. The first-order valence-corrected chi connectivity index (χ1v) is 8.64. The lowest BCUT2D eigenvalue weighted by Gasteiger charge is -2.07. The van der Waals surface area contributed by atoms with Gasteiger partial charge in [0.1, 0.15) is 0 Å². The average molecular weight is 336 g/mol. The molecule has 0 aliphatic carbocycles. The summed E-state index contributed by atoms with van der Waals surface area (Å²) in [6.07, 6.45) is 5.15. The van der Waals surface area contributed by atoms with Gasteiger partial charge in [-0.1, -0.05) is 12.8 Å². The number of hydrogen-bond acceptors (Lipinski definition) is 5. The standard InChI is InChI=1S/C14H29N2O5P/c17-9-5-10-20-13(18)15-7-3-1-2-4-8-16-14(19)21-11-6-12-22/h17H,1-12,22H2,(H,15,18)(H,16,19). The van der Waals surface area contributed by atoms with Crippen LogP contribution in [0.1, 0.15) is 38.5 Å². The topological polar surface area (TPSA) is 96.9 Å². The van der Waals surface area contributed by atoms with Crippen molar-refractivity contribution in [3.63, 3.8) is 0 Å². The molecule has 22 heavy (non-hydrogen) atoms. The molecule has 0 aromatic carbocycles. The van der Waals surface area contributed by atoms with E-state index in [0.29, 0.717) is 26.1 Å². The van der Waals surface area contributed by atoms with E-state index in [0.717, 1.165) is 38.3 Å². The van der Waals surface area contributed by atoms with Crippen LogP contribution in [-0.2, 0) is 9.47 Å². The number of carbonyl (C=O) groups excluding carboxylic acids is 2. The summed E-state index contributed by atoms with van der Waals surface area (Å²) < 4.78 is 9.78. The molecule has 3 N–H and O–H groups in total. The predicted octanol–water partition coefficient (Wildman–Crippen LogP) is 1.65. The van der Waals surface area contributed by atoms with Crippen molar-refractivity contribution in [3.8, 4) is 0 Å². The molecule has 2 amide bonds. The summed E-state index contributed by atoms with van der Waals surface area (Å²) in [6, 6.07) is 0. The van der Waals surface area contributed by atoms with Gasteiger partial charge in [0.2, 0.25) is 0 Å². The first-order valence-electron chi connectivity index (χ1n) is 7.83. The van der Waals surface area contributed by atoms with Gasteiger partial charge in [-0.05, 0) is 25.4 Å². The number of ether oxygens (including phenoxy) is 2. The van der Waals surface area contributed by atoms with Crippen molar-refractivity contribution in [2.45, 2.75) is 38.5 Å². The highest BCUT2D eigenvalue weighted by Gasteiger charge is 2.01. The molecule has 0 saturated carbocycles. The van der Waals surface area contributed by atoms with Gasteiger partial charge in [0.15, 0.2) is 0 Å². The molecule has 1 unspecified atom stereocenters. The number of aliphatic hydroxyl groups is 1. The van der Waals surface area contributed by atoms with Crippen molar-refractivity contribution in [1.82, 2.24) is 10.6 Å². The molecule has 0 saturated heterocycles. The SMILES string of the molecule is O=C(NCCCCCCNC(=O)OCCCP)OCCCO. The Hall–Kier alpha value is -1.07. The molecule has 0 aromatic heterocycles. The van der Waals surface area contributed by atoms with E-state index in [1.165, 1.54) is 0 Å². The van der Waals surface area contributed by atoms with Crippen LogP contribution >= 0.6 is 9.24 Å². The number of carbonyl (C=O) groups is 2. The minimum absolute atomic E-state index is 0.0204. The van der Waals surface area contributed by atoms with Crippen LogP contribution in [-0.4, -0.2) is 56.4 Å². The fourth-order valence-electron chi connectivity index (χ4n) is 1.56. The maximum Gasteiger partial charge on any atom is 0.407 e. The fraction of sp³-hybridized carbons (Fsp3) is 0.857. The molecule has 0 aromatic rings. The molecular formula is C14H29N2O5P. The first kappa shape index (κ1) is 20.9. The Balaban J connectivity index is 3.23. The predicted molar refractivity (Wildman–Crippen MR) is 88.1 cm³/mol. The monoisotopic (exact) mass is 336 g/mol. The van der Waals surface area contributed by atoms with Gasteiger partial charge in [-0.3, -0.25) is 0 Å². The molecule has 0 aliphatic heterocycles. The number of hydrogen-bond donors (Lipinski definition) is 3. The summed E-state index contributed by atoms with van der Waals surface area (Å²) >= 11 is 0. The van der Waals surface area contributed by atoms with E-state index in [4.69, 9.17) is 14.6 Å². The zero-order chi connectivity index (χ0) is 16.5. The second-order valence-corrected chi connectivity index (χ2v) is 5.34. The van der Waals surface area contributed by atoms with E-state index in [-0.39, 0.29) is 19.3 Å². The lowest BCUT2D eigenvalue weighted by atomic mass is 10.2. The van der Waals surface area contributed by atoms with E-state index in [2.05, 4.69) is 19.9 Å². The zero-order valence-electron chi connectivity index (χ0n) is 13.1. The molecule has 8 heteroatoms. The molecule has 0 radical (unpaired) electrons. The molecule has 0 heterocycles. The van der Waals surface area contributed by atoms with Crippen molar-refractivity contribution in [1.29, 1.82) is 0 Å². The Morgan fingerprint density at radius 1 is 0.818 bits per heavy atom. The number of aliphatic hydroxyl groups excluding tert-OH is 1. The highest BCUT2D eigenvalue weighted by molar-refractivity contribution is 7.16. The van der Waals surface area contributed by atoms with Crippen molar-refractivity contribution < 1.29 is 24.2 Å². The van der Waals surface area contributed by atoms with Gasteiger partial charge in [0, 0.05) is 26.1 Å². The van der Waals surface area contributed by atoms with Crippen LogP contribution in [0.15, 0.2) is 0 Å². The summed E-state index contributed by atoms with van der Waals surface area (Å²) in [4.78, 5) is 22.4. The largest absolute Gasteiger partial charge is 0.450 e. The van der Waals surface area contributed by atoms with Crippen molar-refractivity contribution >= 4 is 21.4 Å². The summed E-state index contributed by atoms with van der Waals surface area (Å²) in [6.45, 7) is 1.89. The second kappa shape index (κ2) is 16.3. The van der Waals surface area contributed by atoms with Crippen molar-refractivity contribution in [3.05, 3.63) is 0 Å². The third-order valence-corrected chi connectivity index (χ3v) is 3.17. The van der Waals surface area contributed by atoms with Crippen LogP contribution in [0.4, 0.5) is 9.59 Å². The molecule has 0 bridgehead atoms. The Morgan fingerprint density at radius 3 is 1.77 bits per heavy atom. The summed E-state index contributed by atoms with van der Waals surface area (Å²) in [7, 11) is 2.59. The molecule has 0 fully saturated rings. The van der Waals surface area contributed by atoms with E-state index in [1.54, 1.807) is 0 Å². The zero-order valence-corrected chi connectivity index (χ0v) is 14.3. The van der Waals surface area contributed by atoms with Gasteiger partial charge in [0.05, 0.1) is 13.2 Å². The Labute approximate surface area is 134 Å². The summed E-state index contributed by atoms with van der Waals surface area (Å²) in [5, 5.41) is 13.9. The van der Waals surface area contributed by atoms with Crippen LogP contribution in [0.25, 0.3) is 0 Å². The fourth-order valence-corrected chi connectivity index (χ4v) is 1.73. The minimum atomic E-state index is -0.441. The number of unbranched alkanes of at least 4 members (excludes halogenated alkanes) is 3. The van der Waals surface area contributed by atoms with Crippen LogP contribution < -0.4 is 10.6 Å². The van der Waals surface area contributed by atoms with E-state index >= 15 is 0 Å². The van der Waals surface area contributed by atoms with Gasteiger partial charge < -0.3 is 25.2 Å². The molecule has 1 atom stereocenters. The summed E-state index contributed by atoms with van der Waals surface area (Å²) in [5.41, 5.74) is 0. The highest BCUT2D eigenvalue weighted by Crippen LogP contribution is 1.98. The maximum absolute atomic E-state index is 11.2. The van der Waals surface area contributed by atoms with Crippen molar-refractivity contribution in [2.75, 3.05) is 39.1 Å². The van der Waals surface area contributed by atoms with Crippen LogP contribution in [0.5, 0.6) is 0 Å². The molecule has 130 valence electrons. The summed E-state index contributed by atoms with van der Waals surface area (Å²) in [5.74, 6) is 0. The number of amides is 2. The van der Waals surface area contributed by atoms with Crippen LogP contribution in [0.2, 0.25) is 0 Å². The maximum atomic E-state index is 11.2. The number of nitrogens with one attached hydrogen (secondary N) is 2. The molecule has 0 aliphatic rings. The average Bonchev–Trinajstić information content (AvgIpc) is 2.50. The number of rotatable bonds is 13. The Morgan fingerprint density at radius 2 is 1.32 bits per heavy atom. The molecular weight excluding hydrogens is 307 g/mol. The van der Waals surface area contributed by atoms with E-state index < -0.39 is 6.09 Å². The second-order valence-electron chi connectivity index (χ2n) is 4.76. The van der Waals surface area contributed by atoms with E-state index in [9.17, 15) is 9.59 Å². The van der Waals surface area contributed by atoms with Gasteiger partial charge in [0.25, 0.3) is 0 Å². The molecule has 0 spiro atoms. The smallest absolute Gasteiger partial charge is 0.407 e. The third kappa shape index (κ3) is 15.3. The normalized spacial score (nSPS) is 10.1.